The molecule has 0 aliphatic rings. The van der Waals surface area contributed by atoms with Crippen LogP contribution in [0.5, 0.6) is 0 Å². The number of anilines is 1. The number of aryl methyl sites for hydroxylation is 1. The van der Waals surface area contributed by atoms with Crippen LogP contribution in [-0.2, 0) is 7.05 Å². The molecule has 1 amide bonds. The number of rotatable bonds is 3. The summed E-state index contributed by atoms with van der Waals surface area (Å²) in [6.07, 6.45) is 0. The van der Waals surface area contributed by atoms with Crippen molar-refractivity contribution in [3.05, 3.63) is 73.9 Å². The molecule has 2 heterocycles. The van der Waals surface area contributed by atoms with Crippen molar-refractivity contribution in [2.75, 3.05) is 5.32 Å². The van der Waals surface area contributed by atoms with Crippen molar-refractivity contribution >= 4 is 56.3 Å². The van der Waals surface area contributed by atoms with Crippen molar-refractivity contribution in [1.82, 2.24) is 14.8 Å². The molecule has 1 N–H and O–H groups in total. The summed E-state index contributed by atoms with van der Waals surface area (Å²) in [5.41, 5.74) is 1.16. The number of fused-ring (bicyclic) bond motifs is 1. The third-order valence-electron chi connectivity index (χ3n) is 4.10. The van der Waals surface area contributed by atoms with Crippen molar-refractivity contribution in [2.24, 2.45) is 7.05 Å². The largest absolute Gasteiger partial charge is 0.296 e. The highest BCUT2D eigenvalue weighted by Crippen LogP contribution is 2.32. The zero-order chi connectivity index (χ0) is 19.8. The molecule has 28 heavy (non-hydrogen) atoms. The van der Waals surface area contributed by atoms with Gasteiger partial charge in [-0.2, -0.15) is 5.10 Å². The summed E-state index contributed by atoms with van der Waals surface area (Å²) in [6, 6.07) is 12.0. The quantitative estimate of drug-likeness (QED) is 0.514. The molecule has 0 aliphatic carbocycles. The molecule has 2 aromatic carbocycles. The van der Waals surface area contributed by atoms with Crippen LogP contribution in [0.25, 0.3) is 22.0 Å². The number of amides is 1. The minimum Gasteiger partial charge on any atom is -0.296 e. The zero-order valence-corrected chi connectivity index (χ0v) is 16.8. The number of aromatic nitrogens is 3. The summed E-state index contributed by atoms with van der Waals surface area (Å²) < 4.78 is 1.15. The van der Waals surface area contributed by atoms with Crippen LogP contribution in [0, 0.1) is 0 Å². The lowest BCUT2D eigenvalue weighted by atomic mass is 10.1. The van der Waals surface area contributed by atoms with Crippen molar-refractivity contribution in [3.63, 3.8) is 0 Å². The molecule has 0 bridgehead atoms. The van der Waals surface area contributed by atoms with Gasteiger partial charge in [0.05, 0.1) is 16.1 Å². The molecule has 4 aromatic rings. The average molecular weight is 431 g/mol. The summed E-state index contributed by atoms with van der Waals surface area (Å²) in [7, 11) is 1.51. The van der Waals surface area contributed by atoms with Gasteiger partial charge in [-0.3, -0.25) is 14.9 Å². The molecule has 0 saturated carbocycles. The van der Waals surface area contributed by atoms with Gasteiger partial charge in [0.25, 0.3) is 11.5 Å². The number of thiazole rings is 1. The topological polar surface area (TPSA) is 76.9 Å². The van der Waals surface area contributed by atoms with E-state index in [1.54, 1.807) is 47.8 Å². The van der Waals surface area contributed by atoms with Crippen LogP contribution in [0.4, 0.5) is 5.13 Å². The normalized spacial score (nSPS) is 11.0. The number of carbonyl (C=O) groups excluding carboxylic acids is 1. The van der Waals surface area contributed by atoms with Gasteiger partial charge in [-0.15, -0.1) is 11.3 Å². The summed E-state index contributed by atoms with van der Waals surface area (Å²) >= 11 is 13.5. The van der Waals surface area contributed by atoms with E-state index < -0.39 is 5.91 Å². The predicted octanol–water partition coefficient (Wildman–Crippen LogP) is 4.62. The first kappa shape index (κ1) is 18.6. The van der Waals surface area contributed by atoms with E-state index in [0.29, 0.717) is 37.2 Å². The second-order valence-electron chi connectivity index (χ2n) is 5.94. The minimum absolute atomic E-state index is 0.148. The van der Waals surface area contributed by atoms with Gasteiger partial charge in [-0.25, -0.2) is 9.67 Å². The minimum atomic E-state index is -0.454. The predicted molar refractivity (Wildman–Crippen MR) is 113 cm³/mol. The van der Waals surface area contributed by atoms with Gasteiger partial charge in [0.1, 0.15) is 0 Å². The average Bonchev–Trinajstić information content (AvgIpc) is 3.14. The van der Waals surface area contributed by atoms with E-state index in [1.807, 2.05) is 0 Å². The Hall–Kier alpha value is -2.74. The smallest absolute Gasteiger partial charge is 0.278 e. The standard InChI is InChI=1S/C19H12Cl2N4O2S/c1-25-18(27)12-5-3-2-4-11(12)16(24-25)17(26)23-19-22-15(9-28-19)13-8-10(20)6-7-14(13)21/h2-9H,1H3,(H,22,23,26). The molecule has 2 aromatic heterocycles. The fourth-order valence-electron chi connectivity index (χ4n) is 2.77. The Morgan fingerprint density at radius 2 is 1.89 bits per heavy atom. The van der Waals surface area contributed by atoms with Crippen LogP contribution < -0.4 is 10.9 Å². The number of hydrogen-bond donors (Lipinski definition) is 1. The van der Waals surface area contributed by atoms with Crippen molar-refractivity contribution in [3.8, 4) is 11.3 Å². The van der Waals surface area contributed by atoms with Gasteiger partial charge in [0.2, 0.25) is 0 Å². The Morgan fingerprint density at radius 3 is 2.68 bits per heavy atom. The third-order valence-corrected chi connectivity index (χ3v) is 5.42. The van der Waals surface area contributed by atoms with Crippen LogP contribution >= 0.6 is 34.5 Å². The van der Waals surface area contributed by atoms with Gasteiger partial charge >= 0.3 is 0 Å². The van der Waals surface area contributed by atoms with E-state index in [0.717, 1.165) is 4.68 Å². The second kappa shape index (κ2) is 7.35. The molecular formula is C19H12Cl2N4O2S. The Labute approximate surface area is 173 Å². The first-order valence-electron chi connectivity index (χ1n) is 8.12. The maximum atomic E-state index is 12.8. The Kier molecular flexibility index (Phi) is 4.89. The first-order chi connectivity index (χ1) is 13.4. The van der Waals surface area contributed by atoms with Gasteiger partial charge in [-0.1, -0.05) is 41.4 Å². The van der Waals surface area contributed by atoms with Crippen molar-refractivity contribution < 1.29 is 4.79 Å². The number of hydrogen-bond acceptors (Lipinski definition) is 5. The lowest BCUT2D eigenvalue weighted by molar-refractivity contribution is 0.102. The van der Waals surface area contributed by atoms with Crippen molar-refractivity contribution in [1.29, 1.82) is 0 Å². The highest BCUT2D eigenvalue weighted by atomic mass is 35.5. The van der Waals surface area contributed by atoms with E-state index in [4.69, 9.17) is 23.2 Å². The maximum Gasteiger partial charge on any atom is 0.278 e. The van der Waals surface area contributed by atoms with E-state index in [-0.39, 0.29) is 11.3 Å². The summed E-state index contributed by atoms with van der Waals surface area (Å²) in [6.45, 7) is 0. The fraction of sp³-hybridized carbons (Fsp3) is 0.0526. The number of carbonyl (C=O) groups is 1. The zero-order valence-electron chi connectivity index (χ0n) is 14.4. The molecule has 0 fully saturated rings. The third kappa shape index (κ3) is 3.40. The molecule has 4 rings (SSSR count). The van der Waals surface area contributed by atoms with Crippen LogP contribution in [-0.4, -0.2) is 20.7 Å². The van der Waals surface area contributed by atoms with Gasteiger partial charge < -0.3 is 0 Å². The molecule has 9 heteroatoms. The summed E-state index contributed by atoms with van der Waals surface area (Å²) in [4.78, 5) is 29.4. The van der Waals surface area contributed by atoms with Gasteiger partial charge in [-0.05, 0) is 24.3 Å². The number of benzene rings is 2. The maximum absolute atomic E-state index is 12.8. The molecule has 0 unspecified atom stereocenters. The Morgan fingerprint density at radius 1 is 1.14 bits per heavy atom. The monoisotopic (exact) mass is 430 g/mol. The van der Waals surface area contributed by atoms with E-state index in [2.05, 4.69) is 15.4 Å². The van der Waals surface area contributed by atoms with E-state index >= 15 is 0 Å². The second-order valence-corrected chi connectivity index (χ2v) is 7.64. The highest BCUT2D eigenvalue weighted by Gasteiger charge is 2.17. The molecule has 0 saturated heterocycles. The van der Waals surface area contributed by atoms with E-state index in [9.17, 15) is 9.59 Å². The molecule has 0 atom stereocenters. The van der Waals surface area contributed by atoms with Crippen LogP contribution in [0.1, 0.15) is 10.5 Å². The van der Waals surface area contributed by atoms with Gasteiger partial charge in [0.15, 0.2) is 10.8 Å². The van der Waals surface area contributed by atoms with Crippen molar-refractivity contribution in [2.45, 2.75) is 0 Å². The van der Waals surface area contributed by atoms with Gasteiger partial charge in [0, 0.05) is 28.4 Å². The number of halogens is 2. The van der Waals surface area contributed by atoms with Crippen LogP contribution in [0.3, 0.4) is 0 Å². The molecule has 140 valence electrons. The van der Waals surface area contributed by atoms with E-state index in [1.165, 1.54) is 18.4 Å². The van der Waals surface area contributed by atoms with Crippen LogP contribution in [0.15, 0.2) is 52.6 Å². The lowest BCUT2D eigenvalue weighted by Gasteiger charge is -2.07. The summed E-state index contributed by atoms with van der Waals surface area (Å²) in [5, 5.41) is 11.0. The fourth-order valence-corrected chi connectivity index (χ4v) is 3.86. The SMILES string of the molecule is Cn1nc(C(=O)Nc2nc(-c3cc(Cl)ccc3Cl)cs2)c2ccccc2c1=O. The summed E-state index contributed by atoms with van der Waals surface area (Å²) in [5.74, 6) is -0.454. The number of nitrogens with one attached hydrogen (secondary N) is 1. The Balaban J connectivity index is 1.68. The molecule has 0 spiro atoms. The van der Waals surface area contributed by atoms with Crippen LogP contribution in [0.2, 0.25) is 10.0 Å². The molecular weight excluding hydrogens is 419 g/mol. The Bertz CT molecular complexity index is 1280. The molecule has 0 aliphatic heterocycles. The highest BCUT2D eigenvalue weighted by molar-refractivity contribution is 7.14. The lowest BCUT2D eigenvalue weighted by Crippen LogP contribution is -2.25. The molecule has 0 radical (unpaired) electrons. The molecule has 6 nitrogen and oxygen atoms in total. The first-order valence-corrected chi connectivity index (χ1v) is 9.76. The number of nitrogens with zero attached hydrogens (tertiary/aromatic N) is 3.